The molecule has 19 heavy (non-hydrogen) atoms. The highest BCUT2D eigenvalue weighted by atomic mass is 16.4. The summed E-state index contributed by atoms with van der Waals surface area (Å²) in [6.45, 7) is 1.36. The van der Waals surface area contributed by atoms with Crippen molar-refractivity contribution in [2.24, 2.45) is 5.73 Å². The molecule has 0 aromatic heterocycles. The van der Waals surface area contributed by atoms with E-state index in [2.05, 4.69) is 5.32 Å². The van der Waals surface area contributed by atoms with Crippen LogP contribution in [0.25, 0.3) is 0 Å². The van der Waals surface area contributed by atoms with Crippen molar-refractivity contribution in [2.75, 3.05) is 6.54 Å². The minimum Gasteiger partial charge on any atom is -0.480 e. The Morgan fingerprint density at radius 3 is 2.32 bits per heavy atom. The van der Waals surface area contributed by atoms with Crippen LogP contribution in [0.15, 0.2) is 30.3 Å². The SMILES string of the molecule is CC(O)C(NC(=O)C(CN)c1ccccc1)C(=O)O. The Kier molecular flexibility index (Phi) is 5.47. The molecular formula is C13H18N2O4. The molecule has 6 heteroatoms. The van der Waals surface area contributed by atoms with Crippen molar-refractivity contribution in [1.82, 2.24) is 5.32 Å². The lowest BCUT2D eigenvalue weighted by molar-refractivity contribution is -0.145. The molecule has 0 fully saturated rings. The lowest BCUT2D eigenvalue weighted by Crippen LogP contribution is -2.49. The molecule has 0 saturated carbocycles. The van der Waals surface area contributed by atoms with Gasteiger partial charge in [-0.25, -0.2) is 4.79 Å². The van der Waals surface area contributed by atoms with Gasteiger partial charge in [0.1, 0.15) is 0 Å². The zero-order chi connectivity index (χ0) is 14.4. The van der Waals surface area contributed by atoms with Crippen LogP contribution in [-0.2, 0) is 9.59 Å². The van der Waals surface area contributed by atoms with Crippen molar-refractivity contribution >= 4 is 11.9 Å². The molecule has 0 radical (unpaired) electrons. The van der Waals surface area contributed by atoms with Crippen molar-refractivity contribution in [2.45, 2.75) is 25.0 Å². The van der Waals surface area contributed by atoms with Gasteiger partial charge in [-0.1, -0.05) is 30.3 Å². The minimum absolute atomic E-state index is 0.0575. The first-order valence-electron chi connectivity index (χ1n) is 5.93. The van der Waals surface area contributed by atoms with Gasteiger partial charge in [0.2, 0.25) is 5.91 Å². The average molecular weight is 266 g/mol. The summed E-state index contributed by atoms with van der Waals surface area (Å²) in [5.74, 6) is -2.43. The third-order valence-corrected chi connectivity index (χ3v) is 2.80. The first-order chi connectivity index (χ1) is 8.97. The van der Waals surface area contributed by atoms with Crippen LogP contribution in [-0.4, -0.2) is 40.8 Å². The number of nitrogens with two attached hydrogens (primary N) is 1. The molecule has 3 unspecified atom stereocenters. The molecule has 0 aliphatic carbocycles. The van der Waals surface area contributed by atoms with Crippen LogP contribution < -0.4 is 11.1 Å². The van der Waals surface area contributed by atoms with Gasteiger partial charge in [-0.3, -0.25) is 4.79 Å². The van der Waals surface area contributed by atoms with E-state index in [1.54, 1.807) is 24.3 Å². The van der Waals surface area contributed by atoms with Crippen LogP contribution in [0.1, 0.15) is 18.4 Å². The van der Waals surface area contributed by atoms with Crippen LogP contribution in [0.3, 0.4) is 0 Å². The molecule has 1 amide bonds. The molecule has 3 atom stereocenters. The average Bonchev–Trinajstić information content (AvgIpc) is 2.37. The van der Waals surface area contributed by atoms with Gasteiger partial charge < -0.3 is 21.3 Å². The summed E-state index contributed by atoms with van der Waals surface area (Å²) in [7, 11) is 0. The number of hydrogen-bond acceptors (Lipinski definition) is 4. The van der Waals surface area contributed by atoms with Gasteiger partial charge in [0.15, 0.2) is 6.04 Å². The van der Waals surface area contributed by atoms with Gasteiger partial charge in [-0.2, -0.15) is 0 Å². The molecule has 0 spiro atoms. The summed E-state index contributed by atoms with van der Waals surface area (Å²) in [6, 6.07) is 7.50. The standard InChI is InChI=1S/C13H18N2O4/c1-8(16)11(13(18)19)15-12(17)10(7-14)9-5-3-2-4-6-9/h2-6,8,10-11,16H,7,14H2,1H3,(H,15,17)(H,18,19). The number of carboxylic acids is 1. The topological polar surface area (TPSA) is 113 Å². The molecule has 0 saturated heterocycles. The molecule has 5 N–H and O–H groups in total. The second kappa shape index (κ2) is 6.86. The molecule has 6 nitrogen and oxygen atoms in total. The highest BCUT2D eigenvalue weighted by Crippen LogP contribution is 2.14. The van der Waals surface area contributed by atoms with E-state index >= 15 is 0 Å². The van der Waals surface area contributed by atoms with E-state index in [0.717, 1.165) is 0 Å². The van der Waals surface area contributed by atoms with Crippen molar-refractivity contribution in [3.63, 3.8) is 0 Å². The third kappa shape index (κ3) is 4.04. The maximum absolute atomic E-state index is 12.0. The fourth-order valence-corrected chi connectivity index (χ4v) is 1.72. The lowest BCUT2D eigenvalue weighted by Gasteiger charge is -2.21. The monoisotopic (exact) mass is 266 g/mol. The fraction of sp³-hybridized carbons (Fsp3) is 0.385. The largest absolute Gasteiger partial charge is 0.480 e. The number of aliphatic carboxylic acids is 1. The Morgan fingerprint density at radius 1 is 1.32 bits per heavy atom. The van der Waals surface area contributed by atoms with E-state index in [-0.39, 0.29) is 6.54 Å². The van der Waals surface area contributed by atoms with E-state index < -0.39 is 29.9 Å². The minimum atomic E-state index is -1.34. The Bertz CT molecular complexity index is 434. The highest BCUT2D eigenvalue weighted by Gasteiger charge is 2.28. The summed E-state index contributed by atoms with van der Waals surface area (Å²) in [6.07, 6.45) is -1.18. The third-order valence-electron chi connectivity index (χ3n) is 2.80. The van der Waals surface area contributed by atoms with Crippen molar-refractivity contribution in [3.05, 3.63) is 35.9 Å². The molecule has 1 rings (SSSR count). The van der Waals surface area contributed by atoms with Gasteiger partial charge >= 0.3 is 5.97 Å². The molecule has 0 bridgehead atoms. The van der Waals surface area contributed by atoms with Gasteiger partial charge in [-0.15, -0.1) is 0 Å². The smallest absolute Gasteiger partial charge is 0.328 e. The molecule has 0 heterocycles. The predicted molar refractivity (Wildman–Crippen MR) is 69.5 cm³/mol. The molecule has 104 valence electrons. The summed E-state index contributed by atoms with van der Waals surface area (Å²) in [5, 5.41) is 20.5. The van der Waals surface area contributed by atoms with Crippen LogP contribution in [0.5, 0.6) is 0 Å². The zero-order valence-electron chi connectivity index (χ0n) is 10.6. The number of benzene rings is 1. The maximum atomic E-state index is 12.0. The van der Waals surface area contributed by atoms with Crippen LogP contribution >= 0.6 is 0 Å². The number of aliphatic hydroxyl groups is 1. The second-order valence-corrected chi connectivity index (χ2v) is 4.26. The quantitative estimate of drug-likeness (QED) is 0.563. The Balaban J connectivity index is 2.83. The summed E-state index contributed by atoms with van der Waals surface area (Å²) < 4.78 is 0. The van der Waals surface area contributed by atoms with Crippen molar-refractivity contribution < 1.29 is 19.8 Å². The summed E-state index contributed by atoms with van der Waals surface area (Å²) in [4.78, 5) is 22.9. The van der Waals surface area contributed by atoms with Gasteiger partial charge in [0, 0.05) is 6.54 Å². The first kappa shape index (κ1) is 15.1. The van der Waals surface area contributed by atoms with Crippen molar-refractivity contribution in [1.29, 1.82) is 0 Å². The normalized spacial score (nSPS) is 15.3. The van der Waals surface area contributed by atoms with Gasteiger partial charge in [-0.05, 0) is 12.5 Å². The van der Waals surface area contributed by atoms with Gasteiger partial charge in [0.05, 0.1) is 12.0 Å². The fourth-order valence-electron chi connectivity index (χ4n) is 1.72. The van der Waals surface area contributed by atoms with E-state index in [1.807, 2.05) is 6.07 Å². The zero-order valence-corrected chi connectivity index (χ0v) is 10.6. The van der Waals surface area contributed by atoms with Crippen LogP contribution in [0.2, 0.25) is 0 Å². The number of carbonyl (C=O) groups is 2. The van der Waals surface area contributed by atoms with E-state index in [9.17, 15) is 14.7 Å². The number of nitrogens with one attached hydrogen (secondary N) is 1. The lowest BCUT2D eigenvalue weighted by atomic mass is 9.97. The Morgan fingerprint density at radius 2 is 1.89 bits per heavy atom. The van der Waals surface area contributed by atoms with E-state index in [1.165, 1.54) is 6.92 Å². The number of hydrogen-bond donors (Lipinski definition) is 4. The number of carbonyl (C=O) groups excluding carboxylic acids is 1. The number of rotatable bonds is 6. The number of amides is 1. The van der Waals surface area contributed by atoms with Crippen LogP contribution in [0, 0.1) is 0 Å². The van der Waals surface area contributed by atoms with Gasteiger partial charge in [0.25, 0.3) is 0 Å². The number of carboxylic acid groups (broad SMARTS) is 1. The summed E-state index contributed by atoms with van der Waals surface area (Å²) >= 11 is 0. The first-order valence-corrected chi connectivity index (χ1v) is 5.93. The maximum Gasteiger partial charge on any atom is 0.328 e. The van der Waals surface area contributed by atoms with Crippen LogP contribution in [0.4, 0.5) is 0 Å². The molecular weight excluding hydrogens is 248 g/mol. The Hall–Kier alpha value is -1.92. The highest BCUT2D eigenvalue weighted by molar-refractivity contribution is 5.88. The predicted octanol–water partition coefficient (Wildman–Crippen LogP) is -0.321. The van der Waals surface area contributed by atoms with E-state index in [0.29, 0.717) is 5.56 Å². The van der Waals surface area contributed by atoms with E-state index in [4.69, 9.17) is 10.8 Å². The summed E-state index contributed by atoms with van der Waals surface area (Å²) in [5.41, 5.74) is 6.27. The number of aliphatic hydroxyl groups excluding tert-OH is 1. The molecule has 1 aromatic rings. The molecule has 0 aliphatic heterocycles. The second-order valence-electron chi connectivity index (χ2n) is 4.26. The van der Waals surface area contributed by atoms with Crippen molar-refractivity contribution in [3.8, 4) is 0 Å². The molecule has 0 aliphatic rings. The molecule has 1 aromatic carbocycles. The Labute approximate surface area is 111 Å².